The van der Waals surface area contributed by atoms with Crippen molar-refractivity contribution in [3.8, 4) is 0 Å². The van der Waals surface area contributed by atoms with Gasteiger partial charge in [0.15, 0.2) is 0 Å². The van der Waals surface area contributed by atoms with Crippen molar-refractivity contribution in [3.05, 3.63) is 36.4 Å². The predicted molar refractivity (Wildman–Crippen MR) is 68.8 cm³/mol. The number of hydrogen-bond donors (Lipinski definition) is 0. The molecule has 0 amide bonds. The summed E-state index contributed by atoms with van der Waals surface area (Å²) in [6.07, 6.45) is 1.96. The smallest absolute Gasteiger partial charge is 0.207 e. The normalized spacial score (nSPS) is 11.9. The number of benzene rings is 2. The van der Waals surface area contributed by atoms with Crippen molar-refractivity contribution in [1.29, 1.82) is 0 Å². The zero-order valence-corrected chi connectivity index (χ0v) is 10.9. The highest BCUT2D eigenvalue weighted by Crippen LogP contribution is 2.31. The molecule has 0 aromatic heterocycles. The van der Waals surface area contributed by atoms with E-state index in [1.54, 1.807) is 23.9 Å². The van der Waals surface area contributed by atoms with E-state index in [-0.39, 0.29) is 4.90 Å². The van der Waals surface area contributed by atoms with Gasteiger partial charge in [0.2, 0.25) is 0 Å². The summed E-state index contributed by atoms with van der Waals surface area (Å²) < 4.78 is 22.8. The first kappa shape index (κ1) is 11.8. The summed E-state index contributed by atoms with van der Waals surface area (Å²) in [5, 5.41) is 1.58. The fourth-order valence-corrected chi connectivity index (χ4v) is 3.34. The first-order valence-corrected chi connectivity index (χ1v) is 8.08. The Morgan fingerprint density at radius 1 is 1.06 bits per heavy atom. The van der Waals surface area contributed by atoms with Gasteiger partial charge in [-0.3, -0.25) is 0 Å². The molecule has 0 aliphatic heterocycles. The molecule has 0 bridgehead atoms. The lowest BCUT2D eigenvalue weighted by Crippen LogP contribution is -1.92. The molecule has 16 heavy (non-hydrogen) atoms. The summed E-state index contributed by atoms with van der Waals surface area (Å²) >= 11 is 1.58. The van der Waals surface area contributed by atoms with Gasteiger partial charge in [-0.25, -0.2) is 8.42 Å². The maximum Gasteiger partial charge on any atom is 0.261 e. The van der Waals surface area contributed by atoms with Crippen molar-refractivity contribution < 1.29 is 8.42 Å². The van der Waals surface area contributed by atoms with E-state index < -0.39 is 9.05 Å². The highest BCUT2D eigenvalue weighted by atomic mass is 35.7. The Kier molecular flexibility index (Phi) is 3.15. The highest BCUT2D eigenvalue weighted by molar-refractivity contribution is 8.14. The van der Waals surface area contributed by atoms with Crippen LogP contribution in [0.5, 0.6) is 0 Å². The second kappa shape index (κ2) is 4.28. The summed E-state index contributed by atoms with van der Waals surface area (Å²) in [6.45, 7) is 0. The van der Waals surface area contributed by atoms with E-state index in [2.05, 4.69) is 0 Å². The summed E-state index contributed by atoms with van der Waals surface area (Å²) in [5.74, 6) is 0. The van der Waals surface area contributed by atoms with Crippen LogP contribution in [0.2, 0.25) is 0 Å². The molecule has 84 valence electrons. The summed E-state index contributed by atoms with van der Waals surface area (Å²) in [5.41, 5.74) is 0. The molecule has 2 aromatic carbocycles. The molecule has 0 unspecified atom stereocenters. The van der Waals surface area contributed by atoms with Crippen LogP contribution in [0.4, 0.5) is 0 Å². The number of rotatable bonds is 2. The van der Waals surface area contributed by atoms with Crippen molar-refractivity contribution >= 4 is 42.3 Å². The molecule has 0 N–H and O–H groups in total. The monoisotopic (exact) mass is 272 g/mol. The van der Waals surface area contributed by atoms with Crippen LogP contribution in [0.1, 0.15) is 0 Å². The van der Waals surface area contributed by atoms with Gasteiger partial charge in [0, 0.05) is 21.0 Å². The van der Waals surface area contributed by atoms with Crippen molar-refractivity contribution in [3.63, 3.8) is 0 Å². The van der Waals surface area contributed by atoms with Gasteiger partial charge in [0.25, 0.3) is 9.05 Å². The molecule has 0 aliphatic rings. The molecule has 0 fully saturated rings. The fourth-order valence-electron chi connectivity index (χ4n) is 1.64. The molecule has 0 atom stereocenters. The zero-order chi connectivity index (χ0) is 11.8. The van der Waals surface area contributed by atoms with Gasteiger partial charge in [-0.15, -0.1) is 11.8 Å². The molecule has 0 saturated heterocycles. The van der Waals surface area contributed by atoms with Gasteiger partial charge in [-0.05, 0) is 23.8 Å². The summed E-state index contributed by atoms with van der Waals surface area (Å²) in [7, 11) is 1.71. The van der Waals surface area contributed by atoms with E-state index in [0.29, 0.717) is 5.39 Å². The van der Waals surface area contributed by atoms with Crippen LogP contribution in [0, 0.1) is 0 Å². The van der Waals surface area contributed by atoms with Crippen molar-refractivity contribution in [2.24, 2.45) is 0 Å². The van der Waals surface area contributed by atoms with Crippen LogP contribution in [0.25, 0.3) is 10.8 Å². The minimum absolute atomic E-state index is 0.169. The molecular formula is C11H9ClO2S2. The minimum Gasteiger partial charge on any atom is -0.207 e. The molecule has 0 heterocycles. The molecule has 0 aliphatic carbocycles. The van der Waals surface area contributed by atoms with E-state index in [9.17, 15) is 8.42 Å². The summed E-state index contributed by atoms with van der Waals surface area (Å²) in [4.78, 5) is 1.21. The lowest BCUT2D eigenvalue weighted by molar-refractivity contribution is 0.610. The highest BCUT2D eigenvalue weighted by Gasteiger charge is 2.14. The topological polar surface area (TPSA) is 34.1 Å². The largest absolute Gasteiger partial charge is 0.261 e. The van der Waals surface area contributed by atoms with Gasteiger partial charge in [-0.2, -0.15) is 0 Å². The van der Waals surface area contributed by atoms with E-state index in [4.69, 9.17) is 10.7 Å². The van der Waals surface area contributed by atoms with E-state index in [0.717, 1.165) is 10.3 Å². The molecule has 0 radical (unpaired) electrons. The van der Waals surface area contributed by atoms with Crippen molar-refractivity contribution in [2.75, 3.05) is 6.26 Å². The number of thioether (sulfide) groups is 1. The number of fused-ring (bicyclic) bond motifs is 1. The van der Waals surface area contributed by atoms with Crippen LogP contribution in [0.3, 0.4) is 0 Å². The van der Waals surface area contributed by atoms with Crippen molar-refractivity contribution in [1.82, 2.24) is 0 Å². The van der Waals surface area contributed by atoms with E-state index >= 15 is 0 Å². The molecule has 2 rings (SSSR count). The van der Waals surface area contributed by atoms with Crippen molar-refractivity contribution in [2.45, 2.75) is 9.79 Å². The third-order valence-corrected chi connectivity index (χ3v) is 4.50. The first-order chi connectivity index (χ1) is 7.54. The van der Waals surface area contributed by atoms with Gasteiger partial charge >= 0.3 is 0 Å². The third kappa shape index (κ3) is 2.05. The second-order valence-corrected chi connectivity index (χ2v) is 6.63. The number of hydrogen-bond acceptors (Lipinski definition) is 3. The van der Waals surface area contributed by atoms with E-state index in [1.165, 1.54) is 6.07 Å². The average molecular weight is 273 g/mol. The van der Waals surface area contributed by atoms with Gasteiger partial charge in [-0.1, -0.05) is 24.3 Å². The predicted octanol–water partition coefficient (Wildman–Crippen LogP) is 3.49. The Hall–Kier alpha value is -0.710. The molecule has 0 saturated carbocycles. The molecule has 2 nitrogen and oxygen atoms in total. The van der Waals surface area contributed by atoms with Crippen LogP contribution in [-0.4, -0.2) is 14.7 Å². The van der Waals surface area contributed by atoms with Crippen LogP contribution >= 0.6 is 22.4 Å². The van der Waals surface area contributed by atoms with E-state index in [1.807, 2.05) is 24.5 Å². The lowest BCUT2D eigenvalue weighted by atomic mass is 10.1. The SMILES string of the molecule is CSc1cccc2c(S(=O)(=O)Cl)cccc12. The molecular weight excluding hydrogens is 264 g/mol. The first-order valence-electron chi connectivity index (χ1n) is 4.54. The van der Waals surface area contributed by atoms with Gasteiger partial charge in [0.1, 0.15) is 0 Å². The Balaban J connectivity index is 2.90. The fraction of sp³-hybridized carbons (Fsp3) is 0.0909. The molecule has 5 heteroatoms. The molecule has 2 aromatic rings. The van der Waals surface area contributed by atoms with Crippen LogP contribution in [0.15, 0.2) is 46.2 Å². The minimum atomic E-state index is -3.69. The van der Waals surface area contributed by atoms with Crippen LogP contribution < -0.4 is 0 Å². The quantitative estimate of drug-likeness (QED) is 0.620. The third-order valence-electron chi connectivity index (χ3n) is 2.32. The average Bonchev–Trinajstić information content (AvgIpc) is 2.26. The van der Waals surface area contributed by atoms with Crippen LogP contribution in [-0.2, 0) is 9.05 Å². The Morgan fingerprint density at radius 2 is 1.69 bits per heavy atom. The van der Waals surface area contributed by atoms with Gasteiger partial charge in [0.05, 0.1) is 4.90 Å². The lowest BCUT2D eigenvalue weighted by Gasteiger charge is -2.06. The number of halogens is 1. The Labute approximate surface area is 103 Å². The summed E-state index contributed by atoms with van der Waals surface area (Å²) in [6, 6.07) is 10.7. The standard InChI is InChI=1S/C11H9ClO2S2/c1-15-10-6-2-5-9-8(10)4-3-7-11(9)16(12,13)14/h2-7H,1H3. The Morgan fingerprint density at radius 3 is 2.31 bits per heavy atom. The zero-order valence-electron chi connectivity index (χ0n) is 8.48. The maximum absolute atomic E-state index is 11.4. The Bertz CT molecular complexity index is 635. The van der Waals surface area contributed by atoms with Gasteiger partial charge < -0.3 is 0 Å². The molecule has 0 spiro atoms. The maximum atomic E-state index is 11.4. The second-order valence-electron chi connectivity index (χ2n) is 3.25.